The van der Waals surface area contributed by atoms with Crippen LogP contribution < -0.4 is 10.2 Å². The number of hydrogen-bond acceptors (Lipinski definition) is 3. The third-order valence-electron chi connectivity index (χ3n) is 4.57. The first-order valence-electron chi connectivity index (χ1n) is 9.81. The fourth-order valence-electron chi connectivity index (χ4n) is 3.16. The Morgan fingerprint density at radius 1 is 1.04 bits per heavy atom. The maximum absolute atomic E-state index is 13.1. The average Bonchev–Trinajstić information content (AvgIpc) is 2.67. The second kappa shape index (κ2) is 9.93. The zero-order chi connectivity index (χ0) is 20.7. The van der Waals surface area contributed by atoms with Crippen molar-refractivity contribution >= 4 is 23.2 Å². The number of rotatable bonds is 8. The van der Waals surface area contributed by atoms with Crippen LogP contribution in [0.3, 0.4) is 0 Å². The van der Waals surface area contributed by atoms with Crippen LogP contribution in [-0.2, 0) is 11.3 Å². The average molecular weight is 382 g/mol. The van der Waals surface area contributed by atoms with Crippen LogP contribution in [-0.4, -0.2) is 37.4 Å². The van der Waals surface area contributed by atoms with Crippen molar-refractivity contribution in [3.63, 3.8) is 0 Å². The standard InChI is InChI=1S/C23H31N3O2/c1-6-13-26(23(28)18-10-8-9-17(3)14-18)16-19-15-20(24-22(27)7-2)11-12-21(19)25(4)5/h8-12,14-15H,6-7,13,16H2,1-5H3,(H,24,27). The van der Waals surface area contributed by atoms with E-state index in [2.05, 4.69) is 12.2 Å². The smallest absolute Gasteiger partial charge is 0.254 e. The quantitative estimate of drug-likeness (QED) is 0.734. The third kappa shape index (κ3) is 5.59. The minimum absolute atomic E-state index is 0.0233. The van der Waals surface area contributed by atoms with E-state index in [1.165, 1.54) is 0 Å². The number of hydrogen-bond donors (Lipinski definition) is 1. The molecule has 0 spiro atoms. The highest BCUT2D eigenvalue weighted by Gasteiger charge is 2.18. The topological polar surface area (TPSA) is 52.7 Å². The van der Waals surface area contributed by atoms with Crippen molar-refractivity contribution in [1.29, 1.82) is 0 Å². The number of carbonyl (C=O) groups excluding carboxylic acids is 2. The Balaban J connectivity index is 2.35. The maximum atomic E-state index is 13.1. The molecule has 0 aliphatic heterocycles. The van der Waals surface area contributed by atoms with Crippen LogP contribution in [0, 0.1) is 6.92 Å². The summed E-state index contributed by atoms with van der Waals surface area (Å²) in [7, 11) is 3.96. The highest BCUT2D eigenvalue weighted by molar-refractivity contribution is 5.94. The molecule has 0 heterocycles. The SMILES string of the molecule is CCCN(Cc1cc(NC(=O)CC)ccc1N(C)C)C(=O)c1cccc(C)c1. The van der Waals surface area contributed by atoms with Crippen LogP contribution >= 0.6 is 0 Å². The van der Waals surface area contributed by atoms with Crippen LogP contribution in [0.5, 0.6) is 0 Å². The maximum Gasteiger partial charge on any atom is 0.254 e. The number of nitrogens with one attached hydrogen (secondary N) is 1. The van der Waals surface area contributed by atoms with E-state index in [-0.39, 0.29) is 11.8 Å². The summed E-state index contributed by atoms with van der Waals surface area (Å²) in [4.78, 5) is 28.8. The molecule has 2 aromatic carbocycles. The normalized spacial score (nSPS) is 10.5. The van der Waals surface area contributed by atoms with Gasteiger partial charge < -0.3 is 15.1 Å². The molecular weight excluding hydrogens is 350 g/mol. The summed E-state index contributed by atoms with van der Waals surface area (Å²) in [6.07, 6.45) is 1.31. The monoisotopic (exact) mass is 381 g/mol. The Hall–Kier alpha value is -2.82. The molecule has 0 fully saturated rings. The molecule has 150 valence electrons. The molecule has 0 aliphatic carbocycles. The van der Waals surface area contributed by atoms with Gasteiger partial charge in [-0.15, -0.1) is 0 Å². The number of nitrogens with zero attached hydrogens (tertiary/aromatic N) is 2. The summed E-state index contributed by atoms with van der Waals surface area (Å²) in [6.45, 7) is 7.05. The largest absolute Gasteiger partial charge is 0.377 e. The predicted molar refractivity (Wildman–Crippen MR) is 116 cm³/mol. The summed E-state index contributed by atoms with van der Waals surface area (Å²) < 4.78 is 0. The van der Waals surface area contributed by atoms with Crippen LogP contribution in [0.4, 0.5) is 11.4 Å². The van der Waals surface area contributed by atoms with Crippen molar-refractivity contribution < 1.29 is 9.59 Å². The second-order valence-electron chi connectivity index (χ2n) is 7.24. The van der Waals surface area contributed by atoms with Gasteiger partial charge in [-0.1, -0.05) is 31.5 Å². The van der Waals surface area contributed by atoms with Crippen LogP contribution in [0.15, 0.2) is 42.5 Å². The minimum atomic E-state index is -0.0233. The van der Waals surface area contributed by atoms with Crippen LogP contribution in [0.1, 0.15) is 48.2 Å². The van der Waals surface area contributed by atoms with Gasteiger partial charge in [0.25, 0.3) is 5.91 Å². The molecule has 1 N–H and O–H groups in total. The molecule has 28 heavy (non-hydrogen) atoms. The van der Waals surface area contributed by atoms with Crippen molar-refractivity contribution in [2.75, 3.05) is 30.9 Å². The lowest BCUT2D eigenvalue weighted by Crippen LogP contribution is -2.32. The molecule has 0 bridgehead atoms. The van der Waals surface area contributed by atoms with E-state index in [9.17, 15) is 9.59 Å². The van der Waals surface area contributed by atoms with Crippen LogP contribution in [0.25, 0.3) is 0 Å². The van der Waals surface area contributed by atoms with Gasteiger partial charge in [0.15, 0.2) is 0 Å². The van der Waals surface area contributed by atoms with Gasteiger partial charge in [0.2, 0.25) is 5.91 Å². The van der Waals surface area contributed by atoms with Gasteiger partial charge in [-0.05, 0) is 49.2 Å². The van der Waals surface area contributed by atoms with E-state index in [0.717, 1.165) is 28.9 Å². The van der Waals surface area contributed by atoms with Gasteiger partial charge in [0.1, 0.15) is 0 Å². The van der Waals surface area contributed by atoms with E-state index in [0.29, 0.717) is 25.1 Å². The molecule has 0 saturated carbocycles. The van der Waals surface area contributed by atoms with Gasteiger partial charge in [0.05, 0.1) is 0 Å². The predicted octanol–water partition coefficient (Wildman–Crippen LogP) is 4.46. The lowest BCUT2D eigenvalue weighted by Gasteiger charge is -2.26. The highest BCUT2D eigenvalue weighted by atomic mass is 16.2. The zero-order valence-corrected chi connectivity index (χ0v) is 17.6. The van der Waals surface area contributed by atoms with E-state index in [1.54, 1.807) is 0 Å². The number of amides is 2. The first-order chi connectivity index (χ1) is 13.3. The molecule has 5 heteroatoms. The Bertz CT molecular complexity index is 830. The van der Waals surface area contributed by atoms with Crippen molar-refractivity contribution in [1.82, 2.24) is 4.90 Å². The van der Waals surface area contributed by atoms with Gasteiger partial charge in [-0.3, -0.25) is 9.59 Å². The lowest BCUT2D eigenvalue weighted by atomic mass is 10.1. The van der Waals surface area contributed by atoms with Crippen molar-refractivity contribution in [2.45, 2.75) is 40.2 Å². The summed E-state index contributed by atoms with van der Waals surface area (Å²) in [5.74, 6) is 0.00283. The third-order valence-corrected chi connectivity index (χ3v) is 4.57. The van der Waals surface area contributed by atoms with E-state index in [1.807, 2.05) is 80.2 Å². The highest BCUT2D eigenvalue weighted by Crippen LogP contribution is 2.25. The number of aryl methyl sites for hydroxylation is 1. The Kier molecular flexibility index (Phi) is 7.61. The molecule has 2 rings (SSSR count). The van der Waals surface area contributed by atoms with Crippen molar-refractivity contribution in [3.05, 3.63) is 59.2 Å². The summed E-state index contributed by atoms with van der Waals surface area (Å²) in [5, 5.41) is 2.91. The molecule has 5 nitrogen and oxygen atoms in total. The fourth-order valence-corrected chi connectivity index (χ4v) is 3.16. The number of anilines is 2. The molecule has 0 saturated heterocycles. The minimum Gasteiger partial charge on any atom is -0.377 e. The molecule has 0 atom stereocenters. The van der Waals surface area contributed by atoms with Gasteiger partial charge in [-0.2, -0.15) is 0 Å². The second-order valence-corrected chi connectivity index (χ2v) is 7.24. The first-order valence-corrected chi connectivity index (χ1v) is 9.81. The van der Waals surface area contributed by atoms with Crippen LogP contribution in [0.2, 0.25) is 0 Å². The summed E-state index contributed by atoms with van der Waals surface area (Å²) >= 11 is 0. The molecule has 2 amide bonds. The molecule has 0 aliphatic rings. The number of carbonyl (C=O) groups is 2. The van der Waals surface area contributed by atoms with Crippen molar-refractivity contribution in [2.24, 2.45) is 0 Å². The fraction of sp³-hybridized carbons (Fsp3) is 0.391. The van der Waals surface area contributed by atoms with E-state index in [4.69, 9.17) is 0 Å². The van der Waals surface area contributed by atoms with E-state index >= 15 is 0 Å². The molecule has 2 aromatic rings. The number of benzene rings is 2. The van der Waals surface area contributed by atoms with Gasteiger partial charge in [0, 0.05) is 50.5 Å². The zero-order valence-electron chi connectivity index (χ0n) is 17.6. The first kappa shape index (κ1) is 21.5. The molecule has 0 aromatic heterocycles. The Morgan fingerprint density at radius 3 is 2.39 bits per heavy atom. The lowest BCUT2D eigenvalue weighted by molar-refractivity contribution is -0.115. The van der Waals surface area contributed by atoms with Gasteiger partial charge in [-0.25, -0.2) is 0 Å². The Labute approximate surface area is 168 Å². The van der Waals surface area contributed by atoms with E-state index < -0.39 is 0 Å². The van der Waals surface area contributed by atoms with Gasteiger partial charge >= 0.3 is 0 Å². The Morgan fingerprint density at radius 2 is 1.79 bits per heavy atom. The summed E-state index contributed by atoms with van der Waals surface area (Å²) in [6, 6.07) is 13.6. The summed E-state index contributed by atoms with van der Waals surface area (Å²) in [5.41, 5.74) is 4.57. The molecule has 0 unspecified atom stereocenters. The molecular formula is C23H31N3O2. The van der Waals surface area contributed by atoms with Crippen molar-refractivity contribution in [3.8, 4) is 0 Å². The molecule has 0 radical (unpaired) electrons.